The minimum absolute atomic E-state index is 0. The highest BCUT2D eigenvalue weighted by atomic mass is 35.5. The lowest BCUT2D eigenvalue weighted by Crippen LogP contribution is -2.39. The number of benzene rings is 1. The van der Waals surface area contributed by atoms with Gasteiger partial charge < -0.3 is 11.1 Å². The number of rotatable bonds is 7. The molecule has 2 rings (SSSR count). The van der Waals surface area contributed by atoms with Crippen molar-refractivity contribution in [3.05, 3.63) is 29.8 Å². The number of sulfone groups is 1. The van der Waals surface area contributed by atoms with Gasteiger partial charge in [0.2, 0.25) is 5.91 Å². The molecule has 0 heterocycles. The van der Waals surface area contributed by atoms with Crippen LogP contribution in [0.2, 0.25) is 0 Å². The first-order valence-electron chi connectivity index (χ1n) is 7.20. The van der Waals surface area contributed by atoms with E-state index in [4.69, 9.17) is 5.73 Å². The number of amides is 1. The lowest BCUT2D eigenvalue weighted by molar-refractivity contribution is -0.120. The van der Waals surface area contributed by atoms with Gasteiger partial charge in [-0.25, -0.2) is 8.42 Å². The van der Waals surface area contributed by atoms with Crippen LogP contribution in [-0.4, -0.2) is 32.7 Å². The van der Waals surface area contributed by atoms with E-state index in [1.54, 1.807) is 24.3 Å². The van der Waals surface area contributed by atoms with Crippen LogP contribution in [0.15, 0.2) is 29.2 Å². The molecule has 5 nitrogen and oxygen atoms in total. The molecule has 1 amide bonds. The Morgan fingerprint density at radius 3 is 2.45 bits per heavy atom. The number of halogens is 1. The van der Waals surface area contributed by atoms with Crippen LogP contribution < -0.4 is 11.1 Å². The van der Waals surface area contributed by atoms with E-state index < -0.39 is 9.84 Å². The second-order valence-electron chi connectivity index (χ2n) is 5.69. The summed E-state index contributed by atoms with van der Waals surface area (Å²) in [6.07, 6.45) is 2.21. The predicted molar refractivity (Wildman–Crippen MR) is 88.8 cm³/mol. The van der Waals surface area contributed by atoms with Gasteiger partial charge in [-0.3, -0.25) is 4.79 Å². The van der Waals surface area contributed by atoms with Crippen molar-refractivity contribution >= 4 is 28.2 Å². The van der Waals surface area contributed by atoms with Crippen molar-refractivity contribution in [2.75, 3.05) is 12.3 Å². The van der Waals surface area contributed by atoms with E-state index in [-0.39, 0.29) is 41.4 Å². The molecule has 1 aromatic carbocycles. The highest BCUT2D eigenvalue weighted by Crippen LogP contribution is 2.31. The Hall–Kier alpha value is -1.11. The van der Waals surface area contributed by atoms with Gasteiger partial charge in [-0.15, -0.1) is 12.4 Å². The number of nitrogens with two attached hydrogens (primary N) is 1. The Kier molecular flexibility index (Phi) is 6.84. The highest BCUT2D eigenvalue weighted by molar-refractivity contribution is 7.91. The summed E-state index contributed by atoms with van der Waals surface area (Å²) in [5.74, 6) is 0.0731. The third-order valence-electron chi connectivity index (χ3n) is 3.74. The fraction of sp³-hybridized carbons (Fsp3) is 0.533. The normalized spacial score (nSPS) is 15.7. The Morgan fingerprint density at radius 2 is 1.91 bits per heavy atom. The molecule has 124 valence electrons. The van der Waals surface area contributed by atoms with Crippen LogP contribution >= 0.6 is 12.4 Å². The average Bonchev–Trinajstić information content (AvgIpc) is 3.27. The number of carbonyl (C=O) groups excluding carboxylic acids is 1. The Morgan fingerprint density at radius 1 is 1.32 bits per heavy atom. The molecular weight excluding hydrogens is 324 g/mol. The summed E-state index contributed by atoms with van der Waals surface area (Å²) >= 11 is 0. The minimum atomic E-state index is -3.41. The summed E-state index contributed by atoms with van der Waals surface area (Å²) in [4.78, 5) is 12.0. The third-order valence-corrected chi connectivity index (χ3v) is 5.47. The highest BCUT2D eigenvalue weighted by Gasteiger charge is 2.28. The first kappa shape index (κ1) is 18.9. The fourth-order valence-corrected chi connectivity index (χ4v) is 3.34. The maximum absolute atomic E-state index is 12.1. The third kappa shape index (κ3) is 5.59. The fourth-order valence-electron chi connectivity index (χ4n) is 2.10. The van der Waals surface area contributed by atoms with Crippen molar-refractivity contribution in [3.8, 4) is 0 Å². The molecule has 0 saturated heterocycles. The molecule has 1 aliphatic rings. The van der Waals surface area contributed by atoms with Gasteiger partial charge in [0.05, 0.1) is 10.6 Å². The smallest absolute Gasteiger partial charge is 0.221 e. The molecule has 0 aromatic heterocycles. The SMILES string of the molecule is Cc1ccc(S(=O)(=O)CCC(=O)NCC(N)C2CC2)cc1.Cl. The maximum atomic E-state index is 12.1. The zero-order valence-corrected chi connectivity index (χ0v) is 14.3. The summed E-state index contributed by atoms with van der Waals surface area (Å²) in [5, 5.41) is 2.71. The number of carbonyl (C=O) groups is 1. The quantitative estimate of drug-likeness (QED) is 0.781. The second kappa shape index (κ2) is 7.94. The van der Waals surface area contributed by atoms with Gasteiger partial charge in [0.1, 0.15) is 0 Å². The molecule has 0 spiro atoms. The lowest BCUT2D eigenvalue weighted by Gasteiger charge is -2.11. The summed E-state index contributed by atoms with van der Waals surface area (Å²) < 4.78 is 24.2. The zero-order chi connectivity index (χ0) is 15.5. The van der Waals surface area contributed by atoms with E-state index in [1.165, 1.54) is 0 Å². The van der Waals surface area contributed by atoms with Crippen molar-refractivity contribution in [2.45, 2.75) is 37.1 Å². The summed E-state index contributed by atoms with van der Waals surface area (Å²) in [6, 6.07) is 6.64. The Labute approximate surface area is 138 Å². The molecule has 1 aromatic rings. The topological polar surface area (TPSA) is 89.3 Å². The predicted octanol–water partition coefficient (Wildman–Crippen LogP) is 1.43. The van der Waals surface area contributed by atoms with Gasteiger partial charge in [-0.05, 0) is 37.8 Å². The number of aryl methyl sites for hydroxylation is 1. The molecule has 0 radical (unpaired) electrons. The van der Waals surface area contributed by atoms with Gasteiger partial charge in [0.15, 0.2) is 9.84 Å². The van der Waals surface area contributed by atoms with E-state index in [1.807, 2.05) is 6.92 Å². The number of nitrogens with one attached hydrogen (secondary N) is 1. The molecule has 1 unspecified atom stereocenters. The lowest BCUT2D eigenvalue weighted by atomic mass is 10.2. The number of hydrogen-bond acceptors (Lipinski definition) is 4. The standard InChI is InChI=1S/C15H22N2O3S.ClH/c1-11-2-6-13(7-3-11)21(19,20)9-8-15(18)17-10-14(16)12-4-5-12;/h2-3,6-7,12,14H,4-5,8-10,16H2,1H3,(H,17,18);1H. The average molecular weight is 347 g/mol. The Bertz CT molecular complexity index is 598. The van der Waals surface area contributed by atoms with Crippen LogP contribution in [0.3, 0.4) is 0 Å². The minimum Gasteiger partial charge on any atom is -0.355 e. The molecule has 1 fully saturated rings. The molecule has 0 aliphatic heterocycles. The van der Waals surface area contributed by atoms with Crippen LogP contribution in [-0.2, 0) is 14.6 Å². The molecule has 1 aliphatic carbocycles. The first-order valence-corrected chi connectivity index (χ1v) is 8.85. The van der Waals surface area contributed by atoms with E-state index >= 15 is 0 Å². The van der Waals surface area contributed by atoms with Crippen molar-refractivity contribution in [1.82, 2.24) is 5.32 Å². The van der Waals surface area contributed by atoms with Crippen LogP contribution in [0.25, 0.3) is 0 Å². The van der Waals surface area contributed by atoms with Crippen molar-refractivity contribution in [1.29, 1.82) is 0 Å². The van der Waals surface area contributed by atoms with E-state index in [0.717, 1.165) is 18.4 Å². The largest absolute Gasteiger partial charge is 0.355 e. The zero-order valence-electron chi connectivity index (χ0n) is 12.6. The molecule has 1 saturated carbocycles. The van der Waals surface area contributed by atoms with E-state index in [9.17, 15) is 13.2 Å². The molecule has 0 bridgehead atoms. The van der Waals surface area contributed by atoms with Crippen molar-refractivity contribution in [2.24, 2.45) is 11.7 Å². The van der Waals surface area contributed by atoms with Crippen LogP contribution in [0, 0.1) is 12.8 Å². The van der Waals surface area contributed by atoms with Crippen LogP contribution in [0.1, 0.15) is 24.8 Å². The Balaban J connectivity index is 0.00000242. The van der Waals surface area contributed by atoms with Crippen LogP contribution in [0.5, 0.6) is 0 Å². The van der Waals surface area contributed by atoms with E-state index in [0.29, 0.717) is 12.5 Å². The second-order valence-corrected chi connectivity index (χ2v) is 7.80. The molecule has 1 atom stereocenters. The molecule has 22 heavy (non-hydrogen) atoms. The van der Waals surface area contributed by atoms with Gasteiger partial charge in [0.25, 0.3) is 0 Å². The summed E-state index contributed by atoms with van der Waals surface area (Å²) in [5.41, 5.74) is 6.88. The molecule has 7 heteroatoms. The van der Waals surface area contributed by atoms with Gasteiger partial charge in [0, 0.05) is 19.0 Å². The van der Waals surface area contributed by atoms with E-state index in [2.05, 4.69) is 5.32 Å². The first-order chi connectivity index (χ1) is 9.88. The molecule has 3 N–H and O–H groups in total. The number of hydrogen-bond donors (Lipinski definition) is 2. The van der Waals surface area contributed by atoms with Crippen LogP contribution in [0.4, 0.5) is 0 Å². The van der Waals surface area contributed by atoms with Gasteiger partial charge in [-0.1, -0.05) is 17.7 Å². The van der Waals surface area contributed by atoms with Crippen molar-refractivity contribution < 1.29 is 13.2 Å². The van der Waals surface area contributed by atoms with Gasteiger partial charge >= 0.3 is 0 Å². The van der Waals surface area contributed by atoms with Crippen molar-refractivity contribution in [3.63, 3.8) is 0 Å². The summed E-state index contributed by atoms with van der Waals surface area (Å²) in [7, 11) is -3.41. The monoisotopic (exact) mass is 346 g/mol. The maximum Gasteiger partial charge on any atom is 0.221 e. The molecular formula is C15H23ClN2O3S. The summed E-state index contributed by atoms with van der Waals surface area (Å²) in [6.45, 7) is 2.32. The van der Waals surface area contributed by atoms with Gasteiger partial charge in [-0.2, -0.15) is 0 Å².